The van der Waals surface area contributed by atoms with E-state index in [1.165, 1.54) is 0 Å². The number of aliphatic hydroxyl groups is 2. The molecule has 2 heterocycles. The monoisotopic (exact) mass is 287 g/mol. The van der Waals surface area contributed by atoms with E-state index in [0.717, 1.165) is 26.3 Å². The van der Waals surface area contributed by atoms with Crippen LogP contribution in [0.3, 0.4) is 0 Å². The van der Waals surface area contributed by atoms with Crippen LogP contribution in [0.15, 0.2) is 0 Å². The number of hydrogen-bond acceptors (Lipinski definition) is 5. The normalized spacial score (nSPS) is 40.8. The minimum Gasteiger partial charge on any atom is -0.390 e. The standard InChI is InChI=1S/C15H29NO4/c1-10-12(17)11(9-16-5-7-19-8-6-16)20-14(13(10)18)15(2,3)4/h10-14,17-18H,5-9H2,1-4H3. The summed E-state index contributed by atoms with van der Waals surface area (Å²) in [7, 11) is 0. The summed E-state index contributed by atoms with van der Waals surface area (Å²) in [6.45, 7) is 12.0. The highest BCUT2D eigenvalue weighted by atomic mass is 16.5. The molecule has 2 N–H and O–H groups in total. The number of nitrogens with zero attached hydrogens (tertiary/aromatic N) is 1. The lowest BCUT2D eigenvalue weighted by molar-refractivity contribution is -0.227. The molecule has 5 nitrogen and oxygen atoms in total. The molecule has 0 aromatic rings. The Kier molecular flexibility index (Phi) is 5.08. The van der Waals surface area contributed by atoms with E-state index in [4.69, 9.17) is 9.47 Å². The third-order valence-electron chi connectivity index (χ3n) is 4.49. The Labute approximate surface area is 121 Å². The molecule has 0 spiro atoms. The first-order valence-corrected chi connectivity index (χ1v) is 7.62. The topological polar surface area (TPSA) is 62.2 Å². The van der Waals surface area contributed by atoms with E-state index in [9.17, 15) is 10.2 Å². The molecular weight excluding hydrogens is 258 g/mol. The Morgan fingerprint density at radius 2 is 1.70 bits per heavy atom. The van der Waals surface area contributed by atoms with E-state index in [-0.39, 0.29) is 23.5 Å². The van der Waals surface area contributed by atoms with Gasteiger partial charge in [0.05, 0.1) is 37.6 Å². The minimum absolute atomic E-state index is 0.142. The van der Waals surface area contributed by atoms with Gasteiger partial charge in [0, 0.05) is 25.6 Å². The summed E-state index contributed by atoms with van der Waals surface area (Å²) in [5.74, 6) is -0.168. The summed E-state index contributed by atoms with van der Waals surface area (Å²) in [6, 6.07) is 0. The molecule has 5 heteroatoms. The Bertz CT molecular complexity index is 311. The highest BCUT2D eigenvalue weighted by Gasteiger charge is 2.46. The predicted octanol–water partition coefficient (Wildman–Crippen LogP) is 0.490. The first-order valence-electron chi connectivity index (χ1n) is 7.62. The van der Waals surface area contributed by atoms with Crippen LogP contribution in [0.5, 0.6) is 0 Å². The molecule has 0 radical (unpaired) electrons. The van der Waals surface area contributed by atoms with Crippen LogP contribution in [0.25, 0.3) is 0 Å². The largest absolute Gasteiger partial charge is 0.390 e. The van der Waals surface area contributed by atoms with Crippen LogP contribution in [0.2, 0.25) is 0 Å². The van der Waals surface area contributed by atoms with Crippen LogP contribution in [-0.2, 0) is 9.47 Å². The summed E-state index contributed by atoms with van der Waals surface area (Å²) < 4.78 is 11.4. The molecule has 20 heavy (non-hydrogen) atoms. The smallest absolute Gasteiger partial charge is 0.0969 e. The lowest BCUT2D eigenvalue weighted by atomic mass is 9.77. The maximum atomic E-state index is 10.4. The fraction of sp³-hybridized carbons (Fsp3) is 1.00. The van der Waals surface area contributed by atoms with Crippen molar-refractivity contribution in [2.75, 3.05) is 32.8 Å². The quantitative estimate of drug-likeness (QED) is 0.774. The van der Waals surface area contributed by atoms with Crippen LogP contribution < -0.4 is 0 Å². The molecule has 0 aliphatic carbocycles. The minimum atomic E-state index is -0.620. The van der Waals surface area contributed by atoms with Crippen molar-refractivity contribution in [3.63, 3.8) is 0 Å². The fourth-order valence-electron chi connectivity index (χ4n) is 3.07. The van der Waals surface area contributed by atoms with Crippen molar-refractivity contribution >= 4 is 0 Å². The van der Waals surface area contributed by atoms with Gasteiger partial charge in [0.2, 0.25) is 0 Å². The third kappa shape index (κ3) is 3.52. The molecule has 5 atom stereocenters. The van der Waals surface area contributed by atoms with Crippen molar-refractivity contribution in [1.82, 2.24) is 4.90 Å². The van der Waals surface area contributed by atoms with Gasteiger partial charge >= 0.3 is 0 Å². The lowest BCUT2D eigenvalue weighted by Gasteiger charge is -2.47. The molecule has 0 amide bonds. The number of aliphatic hydroxyl groups excluding tert-OH is 2. The van der Waals surface area contributed by atoms with E-state index >= 15 is 0 Å². The van der Waals surface area contributed by atoms with Gasteiger partial charge in [-0.05, 0) is 5.41 Å². The second-order valence-corrected chi connectivity index (χ2v) is 7.21. The van der Waals surface area contributed by atoms with Gasteiger partial charge in [0.15, 0.2) is 0 Å². The van der Waals surface area contributed by atoms with Crippen LogP contribution in [0.4, 0.5) is 0 Å². The van der Waals surface area contributed by atoms with Crippen molar-refractivity contribution < 1.29 is 19.7 Å². The molecule has 5 unspecified atom stereocenters. The van der Waals surface area contributed by atoms with Gasteiger partial charge in [-0.15, -0.1) is 0 Å². The van der Waals surface area contributed by atoms with Crippen LogP contribution >= 0.6 is 0 Å². The molecule has 2 fully saturated rings. The summed E-state index contributed by atoms with van der Waals surface area (Å²) in [6.07, 6.45) is -1.72. The molecule has 0 bridgehead atoms. The van der Waals surface area contributed by atoms with Crippen LogP contribution in [0.1, 0.15) is 27.7 Å². The van der Waals surface area contributed by atoms with Gasteiger partial charge in [0.1, 0.15) is 0 Å². The number of morpholine rings is 1. The first-order chi connectivity index (χ1) is 9.30. The maximum Gasteiger partial charge on any atom is 0.0969 e. The molecular formula is C15H29NO4. The van der Waals surface area contributed by atoms with Gasteiger partial charge in [-0.2, -0.15) is 0 Å². The van der Waals surface area contributed by atoms with Gasteiger partial charge in [-0.1, -0.05) is 27.7 Å². The zero-order valence-corrected chi connectivity index (χ0v) is 13.1. The zero-order valence-electron chi connectivity index (χ0n) is 13.1. The highest BCUT2D eigenvalue weighted by Crippen LogP contribution is 2.35. The highest BCUT2D eigenvalue weighted by molar-refractivity contribution is 4.95. The molecule has 0 aromatic carbocycles. The van der Waals surface area contributed by atoms with Gasteiger partial charge in [0.25, 0.3) is 0 Å². The zero-order chi connectivity index (χ0) is 14.9. The molecule has 2 saturated heterocycles. The summed E-state index contributed by atoms with van der Waals surface area (Å²) in [4.78, 5) is 2.27. The van der Waals surface area contributed by atoms with Crippen molar-refractivity contribution in [3.8, 4) is 0 Å². The van der Waals surface area contributed by atoms with E-state index < -0.39 is 12.2 Å². The second kappa shape index (κ2) is 6.28. The summed E-state index contributed by atoms with van der Waals surface area (Å²) in [5, 5.41) is 20.7. The van der Waals surface area contributed by atoms with Gasteiger partial charge < -0.3 is 19.7 Å². The third-order valence-corrected chi connectivity index (χ3v) is 4.49. The average Bonchev–Trinajstić information content (AvgIpc) is 2.39. The Morgan fingerprint density at radius 1 is 1.10 bits per heavy atom. The van der Waals surface area contributed by atoms with Crippen LogP contribution in [0, 0.1) is 11.3 Å². The van der Waals surface area contributed by atoms with Crippen molar-refractivity contribution in [1.29, 1.82) is 0 Å². The van der Waals surface area contributed by atoms with Crippen LogP contribution in [-0.4, -0.2) is 72.4 Å². The lowest BCUT2D eigenvalue weighted by Crippen LogP contribution is -2.60. The van der Waals surface area contributed by atoms with E-state index in [0.29, 0.717) is 6.54 Å². The van der Waals surface area contributed by atoms with E-state index in [1.54, 1.807) is 0 Å². The summed E-state index contributed by atoms with van der Waals surface area (Å²) >= 11 is 0. The SMILES string of the molecule is CC1C(O)C(CN2CCOCC2)OC(C(C)(C)C)C1O. The molecule has 118 valence electrons. The maximum absolute atomic E-state index is 10.4. The number of rotatable bonds is 2. The average molecular weight is 287 g/mol. The Balaban J connectivity index is 2.03. The first kappa shape index (κ1) is 16.2. The Hall–Kier alpha value is -0.200. The number of hydrogen-bond donors (Lipinski definition) is 2. The van der Waals surface area contributed by atoms with Gasteiger partial charge in [-0.25, -0.2) is 0 Å². The fourth-order valence-corrected chi connectivity index (χ4v) is 3.07. The van der Waals surface area contributed by atoms with E-state index in [2.05, 4.69) is 25.7 Å². The summed E-state index contributed by atoms with van der Waals surface area (Å²) in [5.41, 5.74) is -0.142. The number of ether oxygens (including phenoxy) is 2. The predicted molar refractivity (Wildman–Crippen MR) is 76.6 cm³/mol. The molecule has 0 aromatic heterocycles. The molecule has 2 aliphatic heterocycles. The molecule has 2 aliphatic rings. The van der Waals surface area contributed by atoms with Gasteiger partial charge in [-0.3, -0.25) is 4.90 Å². The molecule has 2 rings (SSSR count). The van der Waals surface area contributed by atoms with Crippen molar-refractivity contribution in [3.05, 3.63) is 0 Å². The second-order valence-electron chi connectivity index (χ2n) is 7.21. The van der Waals surface area contributed by atoms with Crippen molar-refractivity contribution in [2.45, 2.75) is 52.1 Å². The molecule has 0 saturated carbocycles. The Morgan fingerprint density at radius 3 is 2.25 bits per heavy atom. The van der Waals surface area contributed by atoms with Crippen molar-refractivity contribution in [2.24, 2.45) is 11.3 Å². The van der Waals surface area contributed by atoms with E-state index in [1.807, 2.05) is 6.92 Å².